The molecule has 150 valence electrons. The predicted octanol–water partition coefficient (Wildman–Crippen LogP) is 4.86. The molecule has 0 atom stereocenters. The van der Waals surface area contributed by atoms with Crippen LogP contribution in [0.1, 0.15) is 6.42 Å². The first-order valence-corrected chi connectivity index (χ1v) is 9.64. The molecule has 0 saturated carbocycles. The topological polar surface area (TPSA) is 51.1 Å². The average molecular weight is 404 g/mol. The lowest BCUT2D eigenvalue weighted by molar-refractivity contribution is 0.419. The number of hydrogen-bond acceptors (Lipinski definition) is 5. The molecule has 0 N–H and O–H groups in total. The van der Waals surface area contributed by atoms with Crippen LogP contribution < -0.4 is 9.64 Å². The maximum atomic E-state index is 13.8. The van der Waals surface area contributed by atoms with Crippen molar-refractivity contribution in [3.8, 4) is 28.3 Å². The first-order chi connectivity index (χ1) is 14.6. The summed E-state index contributed by atoms with van der Waals surface area (Å²) in [5.41, 5.74) is 2.74. The molecule has 0 radical (unpaired) electrons. The highest BCUT2D eigenvalue weighted by molar-refractivity contribution is 5.98. The van der Waals surface area contributed by atoms with Gasteiger partial charge in [-0.25, -0.2) is 18.7 Å². The molecule has 0 amide bonds. The molecule has 5 nitrogen and oxygen atoms in total. The summed E-state index contributed by atoms with van der Waals surface area (Å²) in [6.45, 7) is 1.80. The zero-order valence-electron chi connectivity index (χ0n) is 16.3. The van der Waals surface area contributed by atoms with Crippen LogP contribution in [0.15, 0.2) is 54.9 Å². The Morgan fingerprint density at radius 3 is 2.47 bits per heavy atom. The lowest BCUT2D eigenvalue weighted by atomic mass is 10.0. The quantitative estimate of drug-likeness (QED) is 0.486. The van der Waals surface area contributed by atoms with Gasteiger partial charge in [0.25, 0.3) is 0 Å². The first-order valence-electron chi connectivity index (χ1n) is 9.64. The van der Waals surface area contributed by atoms with Gasteiger partial charge in [0, 0.05) is 36.4 Å². The van der Waals surface area contributed by atoms with Gasteiger partial charge in [-0.3, -0.25) is 4.98 Å². The number of halogens is 2. The summed E-state index contributed by atoms with van der Waals surface area (Å²) in [7, 11) is 1.57. The molecule has 0 spiro atoms. The number of anilines is 1. The Morgan fingerprint density at radius 2 is 1.80 bits per heavy atom. The SMILES string of the molecule is COc1cc(-c2ccc(F)c(F)c2)cc2c(N3CCC3)nc(-c3cccnc3)nc12. The van der Waals surface area contributed by atoms with Gasteiger partial charge in [0.15, 0.2) is 17.5 Å². The van der Waals surface area contributed by atoms with E-state index in [4.69, 9.17) is 14.7 Å². The van der Waals surface area contributed by atoms with E-state index in [1.54, 1.807) is 31.6 Å². The van der Waals surface area contributed by atoms with Crippen molar-refractivity contribution in [3.05, 3.63) is 66.5 Å². The zero-order chi connectivity index (χ0) is 20.7. The number of hydrogen-bond donors (Lipinski definition) is 0. The van der Waals surface area contributed by atoms with Crippen LogP contribution in [-0.2, 0) is 0 Å². The fraction of sp³-hybridized carbons (Fsp3) is 0.174. The molecular formula is C23H18F2N4O. The molecule has 3 heterocycles. The van der Waals surface area contributed by atoms with Crippen LogP contribution in [0, 0.1) is 11.6 Å². The van der Waals surface area contributed by atoms with Crippen LogP contribution in [-0.4, -0.2) is 35.2 Å². The Kier molecular flexibility index (Phi) is 4.50. The van der Waals surface area contributed by atoms with Crippen molar-refractivity contribution in [2.24, 2.45) is 0 Å². The third kappa shape index (κ3) is 3.12. The van der Waals surface area contributed by atoms with Crippen LogP contribution >= 0.6 is 0 Å². The van der Waals surface area contributed by atoms with Gasteiger partial charge in [0.2, 0.25) is 0 Å². The second kappa shape index (κ2) is 7.33. The van der Waals surface area contributed by atoms with E-state index < -0.39 is 11.6 Å². The van der Waals surface area contributed by atoms with Gasteiger partial charge in [0.1, 0.15) is 17.1 Å². The summed E-state index contributed by atoms with van der Waals surface area (Å²) in [5, 5.41) is 0.807. The highest BCUT2D eigenvalue weighted by Crippen LogP contribution is 2.38. The van der Waals surface area contributed by atoms with Crippen molar-refractivity contribution in [1.29, 1.82) is 0 Å². The van der Waals surface area contributed by atoms with Crippen LogP contribution in [0.5, 0.6) is 5.75 Å². The molecule has 1 saturated heterocycles. The summed E-state index contributed by atoms with van der Waals surface area (Å²) in [4.78, 5) is 15.9. The molecule has 0 aliphatic carbocycles. The standard InChI is InChI=1S/C23H18F2N4O/c1-30-20-12-16(14-5-6-18(24)19(25)11-14)10-17-21(20)27-22(15-4-2-7-26-13-15)28-23(17)29-8-3-9-29/h2,4-7,10-13H,3,8-9H2,1H3. The molecule has 0 unspecified atom stereocenters. The molecule has 30 heavy (non-hydrogen) atoms. The van der Waals surface area contributed by atoms with Gasteiger partial charge in [0.05, 0.1) is 7.11 Å². The lowest BCUT2D eigenvalue weighted by Crippen LogP contribution is -2.37. The van der Waals surface area contributed by atoms with Gasteiger partial charge >= 0.3 is 0 Å². The predicted molar refractivity (Wildman–Crippen MR) is 112 cm³/mol. The van der Waals surface area contributed by atoms with E-state index in [0.29, 0.717) is 28.2 Å². The largest absolute Gasteiger partial charge is 0.494 e. The first kappa shape index (κ1) is 18.4. The summed E-state index contributed by atoms with van der Waals surface area (Å²) in [6.07, 6.45) is 4.52. The Balaban J connectivity index is 1.76. The van der Waals surface area contributed by atoms with E-state index in [-0.39, 0.29) is 0 Å². The Labute approximate surface area is 172 Å². The van der Waals surface area contributed by atoms with E-state index in [9.17, 15) is 8.78 Å². The van der Waals surface area contributed by atoms with Crippen LogP contribution in [0.4, 0.5) is 14.6 Å². The normalized spacial score (nSPS) is 13.4. The Hall–Kier alpha value is -3.61. The van der Waals surface area contributed by atoms with Gasteiger partial charge in [-0.05, 0) is 53.9 Å². The molecule has 1 fully saturated rings. The highest BCUT2D eigenvalue weighted by Gasteiger charge is 2.23. The van der Waals surface area contributed by atoms with Crippen LogP contribution in [0.25, 0.3) is 33.4 Å². The van der Waals surface area contributed by atoms with E-state index in [0.717, 1.165) is 42.3 Å². The minimum atomic E-state index is -0.891. The number of rotatable bonds is 4. The smallest absolute Gasteiger partial charge is 0.163 e. The van der Waals surface area contributed by atoms with Crippen LogP contribution in [0.2, 0.25) is 0 Å². The second-order valence-electron chi connectivity index (χ2n) is 7.16. The summed E-state index contributed by atoms with van der Waals surface area (Å²) in [6, 6.07) is 11.3. The molecule has 2 aromatic heterocycles. The van der Waals surface area contributed by atoms with Gasteiger partial charge in [-0.2, -0.15) is 0 Å². The molecule has 0 bridgehead atoms. The van der Waals surface area contributed by atoms with E-state index in [1.165, 1.54) is 6.07 Å². The maximum absolute atomic E-state index is 13.8. The second-order valence-corrected chi connectivity index (χ2v) is 7.16. The summed E-state index contributed by atoms with van der Waals surface area (Å²) >= 11 is 0. The van der Waals surface area contributed by atoms with Gasteiger partial charge < -0.3 is 9.64 Å². The molecule has 5 rings (SSSR count). The molecular weight excluding hydrogens is 386 g/mol. The third-order valence-corrected chi connectivity index (χ3v) is 5.29. The Bertz CT molecular complexity index is 1240. The van der Waals surface area contributed by atoms with E-state index in [2.05, 4.69) is 9.88 Å². The fourth-order valence-corrected chi connectivity index (χ4v) is 3.58. The molecule has 2 aromatic carbocycles. The minimum Gasteiger partial charge on any atom is -0.494 e. The van der Waals surface area contributed by atoms with E-state index in [1.807, 2.05) is 18.2 Å². The maximum Gasteiger partial charge on any atom is 0.163 e. The van der Waals surface area contributed by atoms with Crippen molar-refractivity contribution < 1.29 is 13.5 Å². The number of pyridine rings is 1. The molecule has 1 aliphatic heterocycles. The zero-order valence-corrected chi connectivity index (χ0v) is 16.3. The number of fused-ring (bicyclic) bond motifs is 1. The Morgan fingerprint density at radius 1 is 0.933 bits per heavy atom. The monoisotopic (exact) mass is 404 g/mol. The van der Waals surface area contributed by atoms with Gasteiger partial charge in [-0.1, -0.05) is 6.07 Å². The highest BCUT2D eigenvalue weighted by atomic mass is 19.2. The fourth-order valence-electron chi connectivity index (χ4n) is 3.58. The number of ether oxygens (including phenoxy) is 1. The lowest BCUT2D eigenvalue weighted by Gasteiger charge is -2.33. The number of nitrogens with zero attached hydrogens (tertiary/aromatic N) is 4. The summed E-state index contributed by atoms with van der Waals surface area (Å²) in [5.74, 6) is 0.140. The van der Waals surface area contributed by atoms with Crippen molar-refractivity contribution in [1.82, 2.24) is 15.0 Å². The number of aromatic nitrogens is 3. The van der Waals surface area contributed by atoms with Crippen molar-refractivity contribution >= 4 is 16.7 Å². The molecule has 7 heteroatoms. The molecule has 1 aliphatic rings. The van der Waals surface area contributed by atoms with Crippen molar-refractivity contribution in [2.45, 2.75) is 6.42 Å². The number of methoxy groups -OCH3 is 1. The van der Waals surface area contributed by atoms with Crippen LogP contribution in [0.3, 0.4) is 0 Å². The van der Waals surface area contributed by atoms with Gasteiger partial charge in [-0.15, -0.1) is 0 Å². The molecule has 4 aromatic rings. The van der Waals surface area contributed by atoms with Crippen molar-refractivity contribution in [2.75, 3.05) is 25.1 Å². The van der Waals surface area contributed by atoms with E-state index >= 15 is 0 Å². The average Bonchev–Trinajstić information content (AvgIpc) is 2.74. The van der Waals surface area contributed by atoms with Crippen molar-refractivity contribution in [3.63, 3.8) is 0 Å². The third-order valence-electron chi connectivity index (χ3n) is 5.29. The minimum absolute atomic E-state index is 0.543. The number of benzene rings is 2. The summed E-state index contributed by atoms with van der Waals surface area (Å²) < 4.78 is 32.9.